The Balaban J connectivity index is 2.42. The van der Waals surface area contributed by atoms with Gasteiger partial charge < -0.3 is 20.1 Å². The largest absolute Gasteiger partial charge is 0.469 e. The maximum Gasteiger partial charge on any atom is 0.407 e. The van der Waals surface area contributed by atoms with Crippen LogP contribution in [0.5, 0.6) is 0 Å². The lowest BCUT2D eigenvalue weighted by molar-refractivity contribution is -0.142. The molecule has 0 saturated carbocycles. The summed E-state index contributed by atoms with van der Waals surface area (Å²) in [5.74, 6) is 0.245. The number of carbonyl (C=O) groups is 2. The lowest BCUT2D eigenvalue weighted by Gasteiger charge is -2.32. The van der Waals surface area contributed by atoms with Gasteiger partial charge in [0, 0.05) is 13.0 Å². The van der Waals surface area contributed by atoms with Crippen molar-refractivity contribution in [1.82, 2.24) is 10.6 Å². The molecule has 2 unspecified atom stereocenters. The normalized spacial score (nSPS) is 23.0. The van der Waals surface area contributed by atoms with E-state index in [4.69, 9.17) is 9.47 Å². The molecule has 0 aromatic heterocycles. The van der Waals surface area contributed by atoms with Crippen LogP contribution in [-0.4, -0.2) is 44.4 Å². The maximum atomic E-state index is 11.6. The molecule has 0 spiro atoms. The fourth-order valence-corrected chi connectivity index (χ4v) is 2.31. The van der Waals surface area contributed by atoms with Gasteiger partial charge in [0.1, 0.15) is 5.60 Å². The highest BCUT2D eigenvalue weighted by Crippen LogP contribution is 2.22. The van der Waals surface area contributed by atoms with E-state index in [2.05, 4.69) is 10.6 Å². The van der Waals surface area contributed by atoms with Crippen LogP contribution in [0.4, 0.5) is 4.79 Å². The molecule has 6 heteroatoms. The van der Waals surface area contributed by atoms with Crippen molar-refractivity contribution in [2.75, 3.05) is 26.7 Å². The number of amides is 1. The molecule has 1 fully saturated rings. The number of alkyl carbamates (subject to hydrolysis) is 1. The summed E-state index contributed by atoms with van der Waals surface area (Å²) in [5, 5.41) is 6.06. The van der Waals surface area contributed by atoms with Crippen molar-refractivity contribution < 1.29 is 19.1 Å². The van der Waals surface area contributed by atoms with E-state index in [-0.39, 0.29) is 17.8 Å². The lowest BCUT2D eigenvalue weighted by Crippen LogP contribution is -2.44. The Labute approximate surface area is 120 Å². The van der Waals surface area contributed by atoms with Gasteiger partial charge in [-0.3, -0.25) is 4.79 Å². The van der Waals surface area contributed by atoms with E-state index in [1.54, 1.807) is 0 Å². The van der Waals surface area contributed by atoms with E-state index in [0.29, 0.717) is 13.0 Å². The number of esters is 1. The second-order valence-corrected chi connectivity index (χ2v) is 6.18. The van der Waals surface area contributed by atoms with Gasteiger partial charge in [-0.2, -0.15) is 0 Å². The molecule has 0 aliphatic carbocycles. The number of piperidine rings is 1. The predicted molar refractivity (Wildman–Crippen MR) is 75.3 cm³/mol. The van der Waals surface area contributed by atoms with Crippen molar-refractivity contribution >= 4 is 12.1 Å². The van der Waals surface area contributed by atoms with Crippen molar-refractivity contribution in [2.45, 2.75) is 39.2 Å². The van der Waals surface area contributed by atoms with Gasteiger partial charge in [0.25, 0.3) is 0 Å². The summed E-state index contributed by atoms with van der Waals surface area (Å²) in [7, 11) is 1.40. The highest BCUT2D eigenvalue weighted by molar-refractivity contribution is 5.69. The summed E-state index contributed by atoms with van der Waals surface area (Å²) >= 11 is 0. The summed E-state index contributed by atoms with van der Waals surface area (Å²) in [5.41, 5.74) is -0.496. The Morgan fingerprint density at radius 3 is 2.60 bits per heavy atom. The first-order valence-electron chi connectivity index (χ1n) is 7.06. The molecular formula is C14H26N2O4. The van der Waals surface area contributed by atoms with Crippen LogP contribution in [-0.2, 0) is 14.3 Å². The Morgan fingerprint density at radius 1 is 1.30 bits per heavy atom. The number of hydrogen-bond acceptors (Lipinski definition) is 5. The Kier molecular flexibility index (Phi) is 6.26. The first-order valence-corrected chi connectivity index (χ1v) is 7.06. The Bertz CT molecular complexity index is 339. The third kappa shape index (κ3) is 6.23. The SMILES string of the molecule is COC(=O)CC1CNCCC1CNC(=O)OC(C)(C)C. The zero-order valence-electron chi connectivity index (χ0n) is 12.8. The van der Waals surface area contributed by atoms with Crippen molar-refractivity contribution in [1.29, 1.82) is 0 Å². The number of methoxy groups -OCH3 is 1. The van der Waals surface area contributed by atoms with Crippen molar-refractivity contribution in [3.63, 3.8) is 0 Å². The smallest absolute Gasteiger partial charge is 0.407 e. The summed E-state index contributed by atoms with van der Waals surface area (Å²) < 4.78 is 9.92. The van der Waals surface area contributed by atoms with Crippen molar-refractivity contribution in [3.8, 4) is 0 Å². The first kappa shape index (κ1) is 16.8. The molecule has 2 N–H and O–H groups in total. The fraction of sp³-hybridized carbons (Fsp3) is 0.857. The molecule has 1 saturated heterocycles. The van der Waals surface area contributed by atoms with E-state index in [1.165, 1.54) is 7.11 Å². The summed E-state index contributed by atoms with van der Waals surface area (Å²) in [6.07, 6.45) is 0.898. The van der Waals surface area contributed by atoms with Gasteiger partial charge >= 0.3 is 12.1 Å². The molecule has 0 aromatic carbocycles. The quantitative estimate of drug-likeness (QED) is 0.762. The molecule has 1 aliphatic rings. The highest BCUT2D eigenvalue weighted by Gasteiger charge is 2.28. The molecule has 20 heavy (non-hydrogen) atoms. The molecule has 1 heterocycles. The molecule has 0 radical (unpaired) electrons. The Hall–Kier alpha value is -1.30. The highest BCUT2D eigenvalue weighted by atomic mass is 16.6. The van der Waals surface area contributed by atoms with Crippen LogP contribution in [0, 0.1) is 11.8 Å². The summed E-state index contributed by atoms with van der Waals surface area (Å²) in [6, 6.07) is 0. The van der Waals surface area contributed by atoms with E-state index in [9.17, 15) is 9.59 Å². The van der Waals surface area contributed by atoms with Gasteiger partial charge in [-0.05, 0) is 52.1 Å². The van der Waals surface area contributed by atoms with E-state index < -0.39 is 11.7 Å². The van der Waals surface area contributed by atoms with Crippen LogP contribution < -0.4 is 10.6 Å². The zero-order chi connectivity index (χ0) is 15.2. The molecule has 6 nitrogen and oxygen atoms in total. The zero-order valence-corrected chi connectivity index (χ0v) is 12.8. The molecule has 116 valence electrons. The van der Waals surface area contributed by atoms with Crippen LogP contribution in [0.25, 0.3) is 0 Å². The fourth-order valence-electron chi connectivity index (χ4n) is 2.31. The average molecular weight is 286 g/mol. The standard InChI is InChI=1S/C14H26N2O4/c1-14(2,3)20-13(18)16-9-10-5-6-15-8-11(10)7-12(17)19-4/h10-11,15H,5-9H2,1-4H3,(H,16,18). The first-order chi connectivity index (χ1) is 9.31. The van der Waals surface area contributed by atoms with Gasteiger partial charge in [-0.25, -0.2) is 4.79 Å². The van der Waals surface area contributed by atoms with Gasteiger partial charge in [0.15, 0.2) is 0 Å². The van der Waals surface area contributed by atoms with Crippen LogP contribution in [0.15, 0.2) is 0 Å². The van der Waals surface area contributed by atoms with Crippen LogP contribution >= 0.6 is 0 Å². The van der Waals surface area contributed by atoms with E-state index in [1.807, 2.05) is 20.8 Å². The molecule has 0 bridgehead atoms. The monoisotopic (exact) mass is 286 g/mol. The minimum atomic E-state index is -0.496. The maximum absolute atomic E-state index is 11.6. The van der Waals surface area contributed by atoms with E-state index >= 15 is 0 Å². The predicted octanol–water partition coefficient (Wildman–Crippen LogP) is 1.30. The second-order valence-electron chi connectivity index (χ2n) is 6.18. The average Bonchev–Trinajstić information content (AvgIpc) is 2.35. The van der Waals surface area contributed by atoms with Crippen LogP contribution in [0.1, 0.15) is 33.6 Å². The molecule has 1 amide bonds. The van der Waals surface area contributed by atoms with Crippen molar-refractivity contribution in [3.05, 3.63) is 0 Å². The summed E-state index contributed by atoms with van der Waals surface area (Å²) in [4.78, 5) is 23.0. The van der Waals surface area contributed by atoms with Gasteiger partial charge in [-0.15, -0.1) is 0 Å². The van der Waals surface area contributed by atoms with Crippen LogP contribution in [0.2, 0.25) is 0 Å². The van der Waals surface area contributed by atoms with Gasteiger partial charge in [0.05, 0.1) is 7.11 Å². The van der Waals surface area contributed by atoms with Gasteiger partial charge in [-0.1, -0.05) is 0 Å². The number of hydrogen-bond donors (Lipinski definition) is 2. The molecule has 1 rings (SSSR count). The number of nitrogens with one attached hydrogen (secondary N) is 2. The molecular weight excluding hydrogens is 260 g/mol. The lowest BCUT2D eigenvalue weighted by atomic mass is 9.84. The minimum absolute atomic E-state index is 0.186. The third-order valence-electron chi connectivity index (χ3n) is 3.33. The van der Waals surface area contributed by atoms with Crippen molar-refractivity contribution in [2.24, 2.45) is 11.8 Å². The minimum Gasteiger partial charge on any atom is -0.469 e. The van der Waals surface area contributed by atoms with Crippen LogP contribution in [0.3, 0.4) is 0 Å². The van der Waals surface area contributed by atoms with E-state index in [0.717, 1.165) is 19.5 Å². The molecule has 2 atom stereocenters. The number of carbonyl (C=O) groups excluding carboxylic acids is 2. The van der Waals surface area contributed by atoms with Gasteiger partial charge in [0.2, 0.25) is 0 Å². The second kappa shape index (κ2) is 7.47. The number of rotatable bonds is 4. The topological polar surface area (TPSA) is 76.7 Å². The molecule has 0 aromatic rings. The Morgan fingerprint density at radius 2 is 2.00 bits per heavy atom. The third-order valence-corrected chi connectivity index (χ3v) is 3.33. The summed E-state index contributed by atoms with van der Waals surface area (Å²) in [6.45, 7) is 7.69. The number of ether oxygens (including phenoxy) is 2. The molecule has 1 aliphatic heterocycles.